The Morgan fingerprint density at radius 2 is 1.96 bits per heavy atom. The van der Waals surface area contributed by atoms with Crippen LogP contribution >= 0.6 is 0 Å². The Morgan fingerprint density at radius 1 is 1.15 bits per heavy atom. The molecule has 1 amide bonds. The Kier molecular flexibility index (Phi) is 5.28. The highest BCUT2D eigenvalue weighted by atomic mass is 16.5. The highest BCUT2D eigenvalue weighted by Crippen LogP contribution is 2.19. The molecule has 3 aromatic rings. The molecule has 134 valence electrons. The van der Waals surface area contributed by atoms with Crippen LogP contribution in [0.3, 0.4) is 0 Å². The quantitative estimate of drug-likeness (QED) is 0.738. The van der Waals surface area contributed by atoms with Gasteiger partial charge in [-0.3, -0.25) is 4.79 Å². The third-order valence-corrected chi connectivity index (χ3v) is 3.83. The van der Waals surface area contributed by atoms with Crippen LogP contribution in [-0.2, 0) is 11.3 Å². The highest BCUT2D eigenvalue weighted by molar-refractivity contribution is 6.03. The van der Waals surface area contributed by atoms with Gasteiger partial charge in [0.2, 0.25) is 0 Å². The fourth-order valence-corrected chi connectivity index (χ4v) is 2.60. The van der Waals surface area contributed by atoms with Crippen LogP contribution in [0.2, 0.25) is 0 Å². The van der Waals surface area contributed by atoms with Crippen molar-refractivity contribution in [2.24, 2.45) is 0 Å². The van der Waals surface area contributed by atoms with E-state index in [0.29, 0.717) is 17.1 Å². The fraction of sp³-hybridized carbons (Fsp3) is 0.211. The smallest absolute Gasteiger partial charge is 0.278 e. The summed E-state index contributed by atoms with van der Waals surface area (Å²) in [6, 6.07) is 14.9. The van der Waals surface area contributed by atoms with Crippen LogP contribution in [0.1, 0.15) is 21.7 Å². The first-order chi connectivity index (χ1) is 12.6. The predicted molar refractivity (Wildman–Crippen MR) is 97.8 cm³/mol. The summed E-state index contributed by atoms with van der Waals surface area (Å²) in [5, 5.41) is 11.0. The van der Waals surface area contributed by atoms with E-state index in [0.717, 1.165) is 11.3 Å². The summed E-state index contributed by atoms with van der Waals surface area (Å²) in [7, 11) is 3.14. The Labute approximate surface area is 151 Å². The lowest BCUT2D eigenvalue weighted by atomic mass is 10.2. The molecule has 0 aliphatic carbocycles. The molecule has 1 aromatic heterocycles. The Balaban J connectivity index is 1.93. The molecule has 2 aromatic carbocycles. The molecule has 0 atom stereocenters. The minimum absolute atomic E-state index is 0.210. The van der Waals surface area contributed by atoms with E-state index >= 15 is 0 Å². The molecule has 0 spiro atoms. The zero-order valence-corrected chi connectivity index (χ0v) is 14.9. The molecule has 1 N–H and O–H groups in total. The molecule has 0 saturated carbocycles. The van der Waals surface area contributed by atoms with E-state index in [1.165, 1.54) is 0 Å². The summed E-state index contributed by atoms with van der Waals surface area (Å²) < 4.78 is 12.1. The zero-order valence-electron chi connectivity index (χ0n) is 14.9. The lowest BCUT2D eigenvalue weighted by Crippen LogP contribution is -2.16. The lowest BCUT2D eigenvalue weighted by Gasteiger charge is -2.09. The van der Waals surface area contributed by atoms with Crippen LogP contribution in [0.5, 0.6) is 5.75 Å². The summed E-state index contributed by atoms with van der Waals surface area (Å²) >= 11 is 0. The molecule has 1 heterocycles. The van der Waals surface area contributed by atoms with Crippen molar-refractivity contribution < 1.29 is 14.3 Å². The normalized spacial score (nSPS) is 10.6. The van der Waals surface area contributed by atoms with Crippen LogP contribution in [0.15, 0.2) is 48.5 Å². The summed E-state index contributed by atoms with van der Waals surface area (Å²) in [5.41, 5.74) is 3.33. The maximum Gasteiger partial charge on any atom is 0.278 e. The number of ether oxygens (including phenoxy) is 2. The van der Waals surface area contributed by atoms with Crippen molar-refractivity contribution in [2.45, 2.75) is 13.5 Å². The first kappa shape index (κ1) is 17.6. The number of rotatable bonds is 6. The number of hydrogen-bond donors (Lipinski definition) is 1. The number of aromatic nitrogens is 3. The second-order valence-corrected chi connectivity index (χ2v) is 5.75. The number of amides is 1. The van der Waals surface area contributed by atoms with Crippen LogP contribution in [0.25, 0.3) is 5.69 Å². The Bertz CT molecular complexity index is 921. The first-order valence-electron chi connectivity index (χ1n) is 8.08. The van der Waals surface area contributed by atoms with E-state index in [1.807, 2.05) is 31.2 Å². The molecule has 0 fully saturated rings. The molecule has 0 aliphatic heterocycles. The molecule has 3 rings (SSSR count). The standard InChI is InChI=1S/C19H20N4O3/c1-13-6-4-8-15(10-13)23-17(12-25-2)18(21-22-23)19(24)20-14-7-5-9-16(11-14)26-3/h4-11H,12H2,1-3H3,(H,20,24). The van der Waals surface area contributed by atoms with Gasteiger partial charge in [-0.05, 0) is 36.8 Å². The Morgan fingerprint density at radius 3 is 2.69 bits per heavy atom. The minimum Gasteiger partial charge on any atom is -0.497 e. The largest absolute Gasteiger partial charge is 0.497 e. The maximum absolute atomic E-state index is 12.7. The van der Waals surface area contributed by atoms with Crippen molar-refractivity contribution in [3.63, 3.8) is 0 Å². The van der Waals surface area contributed by atoms with Crippen molar-refractivity contribution in [3.05, 3.63) is 65.5 Å². The van der Waals surface area contributed by atoms with Crippen LogP contribution in [0.4, 0.5) is 5.69 Å². The van der Waals surface area contributed by atoms with Gasteiger partial charge in [0.1, 0.15) is 11.4 Å². The molecule has 7 nitrogen and oxygen atoms in total. The summed E-state index contributed by atoms with van der Waals surface area (Å²) in [5.74, 6) is 0.299. The van der Waals surface area contributed by atoms with Crippen LogP contribution in [0, 0.1) is 6.92 Å². The topological polar surface area (TPSA) is 78.3 Å². The van der Waals surface area contributed by atoms with Gasteiger partial charge >= 0.3 is 0 Å². The summed E-state index contributed by atoms with van der Waals surface area (Å²) in [4.78, 5) is 12.7. The average molecular weight is 352 g/mol. The number of nitrogens with zero attached hydrogens (tertiary/aromatic N) is 3. The number of nitrogens with one attached hydrogen (secondary N) is 1. The van der Waals surface area contributed by atoms with Crippen molar-refractivity contribution in [1.82, 2.24) is 15.0 Å². The number of methoxy groups -OCH3 is 2. The van der Waals surface area contributed by atoms with E-state index in [4.69, 9.17) is 9.47 Å². The van der Waals surface area contributed by atoms with E-state index in [1.54, 1.807) is 43.2 Å². The number of benzene rings is 2. The molecular formula is C19H20N4O3. The number of carbonyl (C=O) groups is 1. The molecule has 0 saturated heterocycles. The van der Waals surface area contributed by atoms with Crippen molar-refractivity contribution in [3.8, 4) is 11.4 Å². The molecule has 0 radical (unpaired) electrons. The van der Waals surface area contributed by atoms with Crippen LogP contribution in [-0.4, -0.2) is 35.1 Å². The van der Waals surface area contributed by atoms with Gasteiger partial charge in [-0.2, -0.15) is 0 Å². The zero-order chi connectivity index (χ0) is 18.5. The Hall–Kier alpha value is -3.19. The molecule has 26 heavy (non-hydrogen) atoms. The van der Waals surface area contributed by atoms with E-state index in [-0.39, 0.29) is 18.2 Å². The number of carbonyl (C=O) groups excluding carboxylic acids is 1. The second kappa shape index (κ2) is 7.79. The predicted octanol–water partition coefficient (Wildman–Crippen LogP) is 2.98. The number of anilines is 1. The van der Waals surface area contributed by atoms with Gasteiger partial charge in [0.25, 0.3) is 5.91 Å². The molecule has 0 aliphatic rings. The number of hydrogen-bond acceptors (Lipinski definition) is 5. The monoisotopic (exact) mass is 352 g/mol. The summed E-state index contributed by atoms with van der Waals surface area (Å²) in [6.07, 6.45) is 0. The highest BCUT2D eigenvalue weighted by Gasteiger charge is 2.21. The number of aryl methyl sites for hydroxylation is 1. The first-order valence-corrected chi connectivity index (χ1v) is 8.08. The van der Waals surface area contributed by atoms with E-state index in [2.05, 4.69) is 15.6 Å². The molecular weight excluding hydrogens is 332 g/mol. The average Bonchev–Trinajstić information content (AvgIpc) is 3.06. The van der Waals surface area contributed by atoms with Gasteiger partial charge in [0.05, 0.1) is 19.4 Å². The molecule has 7 heteroatoms. The van der Waals surface area contributed by atoms with Crippen molar-refractivity contribution >= 4 is 11.6 Å². The van der Waals surface area contributed by atoms with Crippen LogP contribution < -0.4 is 10.1 Å². The lowest BCUT2D eigenvalue weighted by molar-refractivity contribution is 0.101. The summed E-state index contributed by atoms with van der Waals surface area (Å²) in [6.45, 7) is 2.20. The molecule has 0 unspecified atom stereocenters. The third kappa shape index (κ3) is 3.73. The van der Waals surface area contributed by atoms with Crippen molar-refractivity contribution in [2.75, 3.05) is 19.5 Å². The minimum atomic E-state index is -0.357. The van der Waals surface area contributed by atoms with Gasteiger partial charge in [0.15, 0.2) is 5.69 Å². The van der Waals surface area contributed by atoms with E-state index < -0.39 is 0 Å². The SMILES string of the molecule is COCc1c(C(=O)Nc2cccc(OC)c2)nnn1-c1cccc(C)c1. The third-order valence-electron chi connectivity index (χ3n) is 3.83. The maximum atomic E-state index is 12.7. The second-order valence-electron chi connectivity index (χ2n) is 5.75. The fourth-order valence-electron chi connectivity index (χ4n) is 2.60. The van der Waals surface area contributed by atoms with E-state index in [9.17, 15) is 4.79 Å². The molecule has 0 bridgehead atoms. The van der Waals surface area contributed by atoms with Gasteiger partial charge in [-0.25, -0.2) is 4.68 Å². The van der Waals surface area contributed by atoms with Gasteiger partial charge < -0.3 is 14.8 Å². The van der Waals surface area contributed by atoms with Gasteiger partial charge in [-0.15, -0.1) is 5.10 Å². The van der Waals surface area contributed by atoms with Crippen molar-refractivity contribution in [1.29, 1.82) is 0 Å². The van der Waals surface area contributed by atoms with Gasteiger partial charge in [0, 0.05) is 18.9 Å². The van der Waals surface area contributed by atoms with Gasteiger partial charge in [-0.1, -0.05) is 23.4 Å².